The fourth-order valence-electron chi connectivity index (χ4n) is 3.35. The average molecular weight is 334 g/mol. The smallest absolute Gasteiger partial charge is 0.321 e. The van der Waals surface area contributed by atoms with Gasteiger partial charge in [0, 0.05) is 19.1 Å². The fourth-order valence-corrected chi connectivity index (χ4v) is 3.35. The van der Waals surface area contributed by atoms with E-state index in [2.05, 4.69) is 5.32 Å². The largest absolute Gasteiger partial charge is 0.468 e. The Labute approximate surface area is 141 Å². The second-order valence-electron chi connectivity index (χ2n) is 6.79. The van der Waals surface area contributed by atoms with Crippen LogP contribution in [-0.2, 0) is 14.3 Å². The molecule has 2 fully saturated rings. The van der Waals surface area contributed by atoms with E-state index in [1.165, 1.54) is 13.2 Å². The SMILES string of the molecule is COC(=O)C1(C(=O)NC2CCCN(c3cc(C)ccc3F)C2)CC1. The quantitative estimate of drug-likeness (QED) is 0.677. The van der Waals surface area contributed by atoms with Crippen LogP contribution in [-0.4, -0.2) is 38.1 Å². The third-order valence-electron chi connectivity index (χ3n) is 4.96. The minimum atomic E-state index is -0.994. The molecule has 2 aliphatic rings. The van der Waals surface area contributed by atoms with Gasteiger partial charge in [0.25, 0.3) is 0 Å². The number of rotatable bonds is 4. The maximum absolute atomic E-state index is 14.1. The minimum Gasteiger partial charge on any atom is -0.468 e. The van der Waals surface area contributed by atoms with E-state index in [-0.39, 0.29) is 17.8 Å². The molecule has 1 saturated carbocycles. The van der Waals surface area contributed by atoms with Crippen molar-refractivity contribution in [1.29, 1.82) is 0 Å². The van der Waals surface area contributed by atoms with Gasteiger partial charge in [0.15, 0.2) is 0 Å². The number of anilines is 1. The third-order valence-corrected chi connectivity index (χ3v) is 4.96. The molecule has 1 unspecified atom stereocenters. The van der Waals surface area contributed by atoms with E-state index in [0.29, 0.717) is 25.1 Å². The first kappa shape index (κ1) is 16.7. The van der Waals surface area contributed by atoms with Gasteiger partial charge in [-0.1, -0.05) is 6.07 Å². The van der Waals surface area contributed by atoms with Crippen molar-refractivity contribution in [2.75, 3.05) is 25.1 Å². The van der Waals surface area contributed by atoms with Crippen LogP contribution in [0.1, 0.15) is 31.2 Å². The van der Waals surface area contributed by atoms with Gasteiger partial charge in [-0.05, 0) is 50.3 Å². The van der Waals surface area contributed by atoms with Crippen molar-refractivity contribution in [3.05, 3.63) is 29.6 Å². The molecule has 6 heteroatoms. The summed E-state index contributed by atoms with van der Waals surface area (Å²) in [4.78, 5) is 26.2. The predicted octanol–water partition coefficient (Wildman–Crippen LogP) is 2.17. The summed E-state index contributed by atoms with van der Waals surface area (Å²) in [6, 6.07) is 4.96. The Morgan fingerprint density at radius 1 is 1.38 bits per heavy atom. The van der Waals surface area contributed by atoms with E-state index in [1.54, 1.807) is 6.07 Å². The number of hydrogen-bond donors (Lipinski definition) is 1. The van der Waals surface area contributed by atoms with Gasteiger partial charge in [-0.25, -0.2) is 4.39 Å². The molecule has 0 bridgehead atoms. The summed E-state index contributed by atoms with van der Waals surface area (Å²) in [6.45, 7) is 3.23. The number of halogens is 1. The van der Waals surface area contributed by atoms with Gasteiger partial charge >= 0.3 is 5.97 Å². The lowest BCUT2D eigenvalue weighted by Gasteiger charge is -2.35. The van der Waals surface area contributed by atoms with Gasteiger partial charge in [-0.2, -0.15) is 0 Å². The van der Waals surface area contributed by atoms with E-state index in [9.17, 15) is 14.0 Å². The fraction of sp³-hybridized carbons (Fsp3) is 0.556. The highest BCUT2D eigenvalue weighted by Gasteiger charge is 2.58. The van der Waals surface area contributed by atoms with Crippen LogP contribution >= 0.6 is 0 Å². The highest BCUT2D eigenvalue weighted by atomic mass is 19.1. The number of piperidine rings is 1. The number of nitrogens with one attached hydrogen (secondary N) is 1. The van der Waals surface area contributed by atoms with Crippen molar-refractivity contribution in [3.8, 4) is 0 Å². The molecule has 1 amide bonds. The summed E-state index contributed by atoms with van der Waals surface area (Å²) < 4.78 is 18.9. The van der Waals surface area contributed by atoms with Gasteiger partial charge < -0.3 is 15.0 Å². The van der Waals surface area contributed by atoms with E-state index in [1.807, 2.05) is 17.9 Å². The molecule has 1 heterocycles. The second-order valence-corrected chi connectivity index (χ2v) is 6.79. The molecule has 130 valence electrons. The third kappa shape index (κ3) is 3.09. The van der Waals surface area contributed by atoms with Gasteiger partial charge in [-0.3, -0.25) is 9.59 Å². The Balaban J connectivity index is 1.67. The molecule has 1 aromatic rings. The summed E-state index contributed by atoms with van der Waals surface area (Å²) in [7, 11) is 1.30. The summed E-state index contributed by atoms with van der Waals surface area (Å²) in [5, 5.41) is 2.97. The summed E-state index contributed by atoms with van der Waals surface area (Å²) in [5.74, 6) is -0.968. The van der Waals surface area contributed by atoms with Crippen LogP contribution in [0.5, 0.6) is 0 Å². The molecule has 1 aliphatic carbocycles. The van der Waals surface area contributed by atoms with Crippen LogP contribution in [0.25, 0.3) is 0 Å². The van der Waals surface area contributed by atoms with Crippen LogP contribution in [0.4, 0.5) is 10.1 Å². The highest BCUT2D eigenvalue weighted by Crippen LogP contribution is 2.47. The van der Waals surface area contributed by atoms with E-state index >= 15 is 0 Å². The molecule has 3 rings (SSSR count). The van der Waals surface area contributed by atoms with Crippen molar-refractivity contribution in [2.45, 2.75) is 38.6 Å². The normalized spacial score (nSPS) is 22.0. The average Bonchev–Trinajstić information content (AvgIpc) is 3.38. The Morgan fingerprint density at radius 2 is 2.12 bits per heavy atom. The number of ether oxygens (including phenoxy) is 1. The van der Waals surface area contributed by atoms with E-state index < -0.39 is 11.4 Å². The molecule has 0 spiro atoms. The zero-order chi connectivity index (χ0) is 17.3. The number of nitrogens with zero attached hydrogens (tertiary/aromatic N) is 1. The van der Waals surface area contributed by atoms with Crippen LogP contribution in [0.15, 0.2) is 18.2 Å². The molecule has 1 aromatic carbocycles. The standard InChI is InChI=1S/C18H23FN2O3/c1-12-5-6-14(19)15(10-12)21-9-3-4-13(11-21)20-16(22)18(7-8-18)17(23)24-2/h5-6,10,13H,3-4,7-9,11H2,1-2H3,(H,20,22). The predicted molar refractivity (Wildman–Crippen MR) is 88.2 cm³/mol. The lowest BCUT2D eigenvalue weighted by molar-refractivity contribution is -0.152. The first-order valence-electron chi connectivity index (χ1n) is 8.37. The Bertz CT molecular complexity index is 658. The van der Waals surface area contributed by atoms with Crippen LogP contribution < -0.4 is 10.2 Å². The number of hydrogen-bond acceptors (Lipinski definition) is 4. The summed E-state index contributed by atoms with van der Waals surface area (Å²) >= 11 is 0. The maximum atomic E-state index is 14.1. The molecule has 24 heavy (non-hydrogen) atoms. The van der Waals surface area contributed by atoms with Crippen molar-refractivity contribution < 1.29 is 18.7 Å². The van der Waals surface area contributed by atoms with Crippen molar-refractivity contribution in [1.82, 2.24) is 5.32 Å². The van der Waals surface area contributed by atoms with Gasteiger partial charge in [0.05, 0.1) is 12.8 Å². The number of aryl methyl sites for hydroxylation is 1. The highest BCUT2D eigenvalue weighted by molar-refractivity contribution is 6.05. The van der Waals surface area contributed by atoms with Crippen molar-refractivity contribution in [3.63, 3.8) is 0 Å². The maximum Gasteiger partial charge on any atom is 0.321 e. The van der Waals surface area contributed by atoms with Crippen molar-refractivity contribution in [2.24, 2.45) is 5.41 Å². The number of esters is 1. The first-order valence-corrected chi connectivity index (χ1v) is 8.37. The topological polar surface area (TPSA) is 58.6 Å². The molecule has 5 nitrogen and oxygen atoms in total. The molecule has 1 N–H and O–H groups in total. The number of methoxy groups -OCH3 is 1. The summed E-state index contributed by atoms with van der Waals surface area (Å²) in [5.41, 5.74) is 0.578. The molecule has 0 radical (unpaired) electrons. The number of amides is 1. The molecular weight excluding hydrogens is 311 g/mol. The molecule has 1 saturated heterocycles. The van der Waals surface area contributed by atoms with Gasteiger partial charge in [0.1, 0.15) is 11.2 Å². The van der Waals surface area contributed by atoms with Crippen LogP contribution in [0, 0.1) is 18.2 Å². The Kier molecular flexibility index (Phi) is 4.47. The Morgan fingerprint density at radius 3 is 2.79 bits per heavy atom. The van der Waals surface area contributed by atoms with E-state index in [4.69, 9.17) is 4.74 Å². The monoisotopic (exact) mass is 334 g/mol. The van der Waals surface area contributed by atoms with Crippen LogP contribution in [0.3, 0.4) is 0 Å². The molecule has 1 aliphatic heterocycles. The molecular formula is C18H23FN2O3. The second kappa shape index (κ2) is 6.42. The zero-order valence-electron chi connectivity index (χ0n) is 14.1. The molecule has 0 aromatic heterocycles. The van der Waals surface area contributed by atoms with Crippen molar-refractivity contribution >= 4 is 17.6 Å². The zero-order valence-corrected chi connectivity index (χ0v) is 14.1. The van der Waals surface area contributed by atoms with E-state index in [0.717, 1.165) is 24.9 Å². The van der Waals surface area contributed by atoms with Gasteiger partial charge in [0.2, 0.25) is 5.91 Å². The van der Waals surface area contributed by atoms with Gasteiger partial charge in [-0.15, -0.1) is 0 Å². The lowest BCUT2D eigenvalue weighted by atomic mass is 10.0. The number of benzene rings is 1. The minimum absolute atomic E-state index is 0.0895. The Hall–Kier alpha value is -2.11. The first-order chi connectivity index (χ1) is 11.5. The van der Waals surface area contributed by atoms with Crippen LogP contribution in [0.2, 0.25) is 0 Å². The summed E-state index contributed by atoms with van der Waals surface area (Å²) in [6.07, 6.45) is 2.76. The molecule has 1 atom stereocenters. The number of carbonyl (C=O) groups excluding carboxylic acids is 2. The number of carbonyl (C=O) groups is 2. The lowest BCUT2D eigenvalue weighted by Crippen LogP contribution is -2.51.